The summed E-state index contributed by atoms with van der Waals surface area (Å²) in [5, 5.41) is 5.87. The van der Waals surface area contributed by atoms with Gasteiger partial charge in [0.15, 0.2) is 0 Å². The molecule has 1 saturated carbocycles. The third-order valence-corrected chi connectivity index (χ3v) is 5.46. The van der Waals surface area contributed by atoms with Gasteiger partial charge in [0.25, 0.3) is 5.91 Å². The van der Waals surface area contributed by atoms with Gasteiger partial charge in [0.2, 0.25) is 5.91 Å². The molecule has 0 saturated heterocycles. The molecule has 0 heterocycles. The molecule has 6 heteroatoms. The van der Waals surface area contributed by atoms with Gasteiger partial charge in [-0.05, 0) is 63.3 Å². The zero-order chi connectivity index (χ0) is 23.2. The fourth-order valence-electron chi connectivity index (χ4n) is 3.40. The van der Waals surface area contributed by atoms with Gasteiger partial charge in [0, 0.05) is 19.5 Å². The van der Waals surface area contributed by atoms with E-state index in [1.54, 1.807) is 32.2 Å². The summed E-state index contributed by atoms with van der Waals surface area (Å²) in [4.78, 5) is 28.7. The largest absolute Gasteiger partial charge is 0.348 e. The first-order chi connectivity index (χ1) is 14.1. The van der Waals surface area contributed by atoms with E-state index in [1.807, 2.05) is 19.9 Å². The average molecular weight is 438 g/mol. The molecule has 0 aromatic carbocycles. The van der Waals surface area contributed by atoms with E-state index in [9.17, 15) is 9.59 Å². The van der Waals surface area contributed by atoms with E-state index in [1.165, 1.54) is 5.54 Å². The van der Waals surface area contributed by atoms with Crippen LogP contribution in [0.5, 0.6) is 0 Å². The van der Waals surface area contributed by atoms with E-state index in [4.69, 9.17) is 11.6 Å². The number of carbonyl (C=O) groups excluding carboxylic acids is 2. The van der Waals surface area contributed by atoms with E-state index in [-0.39, 0.29) is 30.0 Å². The Hall–Kier alpha value is -1.88. The molecule has 0 radical (unpaired) electrons. The molecule has 5 nitrogen and oxygen atoms in total. The summed E-state index contributed by atoms with van der Waals surface area (Å²) in [6.07, 6.45) is 11.6. The minimum Gasteiger partial charge on any atom is -0.348 e. The topological polar surface area (TPSA) is 70.6 Å². The molecule has 0 bridgehead atoms. The van der Waals surface area contributed by atoms with Crippen LogP contribution in [-0.2, 0) is 9.59 Å². The van der Waals surface area contributed by atoms with Crippen LogP contribution < -0.4 is 10.6 Å². The first-order valence-corrected chi connectivity index (χ1v) is 11.1. The van der Waals surface area contributed by atoms with E-state index < -0.39 is 0 Å². The van der Waals surface area contributed by atoms with Crippen molar-refractivity contribution >= 4 is 29.1 Å². The Morgan fingerprint density at radius 1 is 1.07 bits per heavy atom. The summed E-state index contributed by atoms with van der Waals surface area (Å²) < 4.78 is 0. The number of nitrogens with one attached hydrogen (secondary N) is 2. The second-order valence-corrected chi connectivity index (χ2v) is 8.70. The van der Waals surface area contributed by atoms with Crippen LogP contribution in [0.2, 0.25) is 0 Å². The highest BCUT2D eigenvalue weighted by Crippen LogP contribution is 2.37. The molecule has 0 aromatic rings. The van der Waals surface area contributed by atoms with Crippen molar-refractivity contribution in [2.45, 2.75) is 79.7 Å². The summed E-state index contributed by atoms with van der Waals surface area (Å²) in [6.45, 7) is 12.4. The number of carbonyl (C=O) groups is 2. The van der Waals surface area contributed by atoms with E-state index in [0.717, 1.165) is 25.7 Å². The van der Waals surface area contributed by atoms with Crippen LogP contribution in [0.1, 0.15) is 73.6 Å². The normalized spacial score (nSPS) is 20.7. The Labute approximate surface area is 188 Å². The summed E-state index contributed by atoms with van der Waals surface area (Å²) in [7, 11) is 1.58. The summed E-state index contributed by atoms with van der Waals surface area (Å²) in [6, 6.07) is 0.176. The number of rotatable bonds is 6. The number of nitrogens with zero attached hydrogens (tertiary/aromatic N) is 1. The number of hydrogen-bond acceptors (Lipinski definition) is 3. The Morgan fingerprint density at radius 3 is 2.03 bits per heavy atom. The van der Waals surface area contributed by atoms with Gasteiger partial charge in [-0.2, -0.15) is 0 Å². The average Bonchev–Trinajstić information content (AvgIpc) is 2.71. The highest BCUT2D eigenvalue weighted by molar-refractivity contribution is 6.45. The van der Waals surface area contributed by atoms with Crippen LogP contribution in [0.3, 0.4) is 0 Å². The molecule has 1 aliphatic rings. The van der Waals surface area contributed by atoms with Crippen molar-refractivity contribution in [1.82, 2.24) is 10.6 Å². The highest BCUT2D eigenvalue weighted by Gasteiger charge is 2.31. The molecule has 0 unspecified atom stereocenters. The smallest absolute Gasteiger partial charge is 0.271 e. The van der Waals surface area contributed by atoms with Crippen LogP contribution in [0, 0.1) is 11.3 Å². The number of allylic oxidation sites excluding steroid dienone is 3. The van der Waals surface area contributed by atoms with Crippen molar-refractivity contribution in [3.8, 4) is 0 Å². The molecular formula is C24H40ClN3O2. The second kappa shape index (κ2) is 15.0. The fraction of sp³-hybridized carbons (Fsp3) is 0.625. The van der Waals surface area contributed by atoms with E-state index >= 15 is 0 Å². The van der Waals surface area contributed by atoms with Gasteiger partial charge in [0.05, 0.1) is 5.70 Å². The minimum atomic E-state index is -0.217. The molecule has 0 aromatic heterocycles. The predicted molar refractivity (Wildman–Crippen MR) is 129 cm³/mol. The zero-order valence-corrected chi connectivity index (χ0v) is 20.5. The van der Waals surface area contributed by atoms with Gasteiger partial charge in [0.1, 0.15) is 5.71 Å². The Morgan fingerprint density at radius 2 is 1.63 bits per heavy atom. The molecular weight excluding hydrogens is 398 g/mol. The lowest BCUT2D eigenvalue weighted by atomic mass is 9.71. The quantitative estimate of drug-likeness (QED) is 0.424. The van der Waals surface area contributed by atoms with E-state index in [0.29, 0.717) is 17.0 Å². The third kappa shape index (κ3) is 10.8. The first-order valence-electron chi connectivity index (χ1n) is 10.7. The number of hydrogen-bond donors (Lipinski definition) is 2. The molecule has 2 amide bonds. The van der Waals surface area contributed by atoms with Crippen LogP contribution in [0.4, 0.5) is 0 Å². The minimum absolute atomic E-state index is 0.157. The van der Waals surface area contributed by atoms with Gasteiger partial charge in [-0.25, -0.2) is 0 Å². The lowest BCUT2D eigenvalue weighted by Gasteiger charge is -2.37. The van der Waals surface area contributed by atoms with E-state index in [2.05, 4.69) is 36.4 Å². The summed E-state index contributed by atoms with van der Waals surface area (Å²) in [5.41, 5.74) is 2.53. The van der Waals surface area contributed by atoms with Crippen molar-refractivity contribution < 1.29 is 9.59 Å². The number of amides is 2. The maximum absolute atomic E-state index is 12.7. The molecule has 0 spiro atoms. The lowest BCUT2D eigenvalue weighted by Crippen LogP contribution is -2.44. The zero-order valence-electron chi connectivity index (χ0n) is 19.7. The third-order valence-electron chi connectivity index (χ3n) is 5.21. The Kier molecular flexibility index (Phi) is 14.1. The molecule has 1 fully saturated rings. The monoisotopic (exact) mass is 437 g/mol. The molecule has 1 rings (SSSR count). The van der Waals surface area contributed by atoms with Gasteiger partial charge < -0.3 is 10.6 Å². The number of halogens is 1. The van der Waals surface area contributed by atoms with Crippen molar-refractivity contribution in [1.29, 1.82) is 0 Å². The van der Waals surface area contributed by atoms with Crippen LogP contribution >= 0.6 is 11.6 Å². The second-order valence-electron chi connectivity index (χ2n) is 8.44. The Bertz CT molecular complexity index is 646. The first kappa shape index (κ1) is 28.1. The van der Waals surface area contributed by atoms with Crippen LogP contribution in [-0.4, -0.2) is 30.6 Å². The van der Waals surface area contributed by atoms with Crippen molar-refractivity contribution in [2.75, 3.05) is 7.05 Å². The van der Waals surface area contributed by atoms with Gasteiger partial charge >= 0.3 is 0 Å². The molecule has 0 aliphatic heterocycles. The van der Waals surface area contributed by atoms with Gasteiger partial charge in [-0.15, -0.1) is 0 Å². The molecule has 170 valence electrons. The SMILES string of the molecule is C/C=C/Cl.C/C=C\CC(=O)N/C(=C/C)C(=NC)C(=O)NC1CCC(C(C)(C)C)CC1. The van der Waals surface area contributed by atoms with Crippen molar-refractivity contribution in [2.24, 2.45) is 16.3 Å². The maximum Gasteiger partial charge on any atom is 0.271 e. The molecule has 30 heavy (non-hydrogen) atoms. The van der Waals surface area contributed by atoms with Crippen LogP contribution in [0.25, 0.3) is 0 Å². The van der Waals surface area contributed by atoms with Gasteiger partial charge in [-0.1, -0.05) is 56.7 Å². The molecule has 0 atom stereocenters. The highest BCUT2D eigenvalue weighted by atomic mass is 35.5. The fourth-order valence-corrected chi connectivity index (χ4v) is 3.40. The predicted octanol–water partition coefficient (Wildman–Crippen LogP) is 5.52. The maximum atomic E-state index is 12.7. The summed E-state index contributed by atoms with van der Waals surface area (Å²) >= 11 is 5.01. The van der Waals surface area contributed by atoms with Crippen molar-refractivity contribution in [3.63, 3.8) is 0 Å². The molecule has 1 aliphatic carbocycles. The van der Waals surface area contributed by atoms with Crippen molar-refractivity contribution in [3.05, 3.63) is 35.5 Å². The molecule has 2 N–H and O–H groups in total. The Balaban J connectivity index is 0.00000192. The summed E-state index contributed by atoms with van der Waals surface area (Å²) in [5.74, 6) is 0.328. The van der Waals surface area contributed by atoms with Gasteiger partial charge in [-0.3, -0.25) is 14.6 Å². The standard InChI is InChI=1S/C21H35N3O2.C3H5Cl/c1-7-9-10-18(25)24-17(8-2)19(22-6)20(26)23-16-13-11-15(12-14-16)21(3,4)5;1-2-3-4/h7-9,15-16H,10-14H2,1-6H3,(H,23,26)(H,24,25);2-3H,1H3/b9-7-,17-8+,22-19?;3-2+. The lowest BCUT2D eigenvalue weighted by molar-refractivity contribution is -0.119. The number of aliphatic imine (C=N–C) groups is 1. The van der Waals surface area contributed by atoms with Crippen LogP contribution in [0.15, 0.2) is 40.5 Å².